The van der Waals surface area contributed by atoms with Gasteiger partial charge in [-0.15, -0.1) is 0 Å². The van der Waals surface area contributed by atoms with E-state index in [4.69, 9.17) is 4.42 Å². The Bertz CT molecular complexity index is 1360. The summed E-state index contributed by atoms with van der Waals surface area (Å²) in [5.74, 6) is 1.00. The highest BCUT2D eigenvalue weighted by molar-refractivity contribution is 7.99. The lowest BCUT2D eigenvalue weighted by Crippen LogP contribution is -2.10. The first-order valence-electron chi connectivity index (χ1n) is 12.7. The van der Waals surface area contributed by atoms with Gasteiger partial charge in [-0.1, -0.05) is 72.8 Å². The predicted molar refractivity (Wildman–Crippen MR) is 146 cm³/mol. The molecule has 1 saturated carbocycles. The Hall–Kier alpha value is -3.31. The molecule has 1 aromatic heterocycles. The lowest BCUT2D eigenvalue weighted by atomic mass is 9.85. The fourth-order valence-electron chi connectivity index (χ4n) is 5.01. The Balaban J connectivity index is 1.20. The number of rotatable bonds is 8. The highest BCUT2D eigenvalue weighted by Gasteiger charge is 2.16. The molecule has 4 aromatic rings. The molecule has 0 unspecified atom stereocenters. The lowest BCUT2D eigenvalue weighted by Gasteiger charge is -2.21. The average Bonchev–Trinajstić information content (AvgIpc) is 3.34. The first-order chi connectivity index (χ1) is 17.6. The number of oxime groups is 1. The van der Waals surface area contributed by atoms with Crippen LogP contribution in [-0.4, -0.2) is 16.7 Å². The first kappa shape index (κ1) is 24.4. The fourth-order valence-corrected chi connectivity index (χ4v) is 5.83. The number of carbonyl (C=O) groups excluding carboxylic acids is 1. The highest BCUT2D eigenvalue weighted by Crippen LogP contribution is 2.31. The van der Waals surface area contributed by atoms with Gasteiger partial charge in [0.1, 0.15) is 5.58 Å². The molecule has 0 aliphatic heterocycles. The minimum absolute atomic E-state index is 0.117. The average molecular weight is 498 g/mol. The van der Waals surface area contributed by atoms with E-state index in [2.05, 4.69) is 17.3 Å². The molecule has 4 nitrogen and oxygen atoms in total. The number of ketones is 1. The van der Waals surface area contributed by atoms with Crippen molar-refractivity contribution in [2.24, 2.45) is 11.1 Å². The largest absolute Gasteiger partial charge is 0.453 e. The summed E-state index contributed by atoms with van der Waals surface area (Å²) in [6.45, 7) is 2.02. The monoisotopic (exact) mass is 497 g/mol. The number of carbonyl (C=O) groups is 1. The van der Waals surface area contributed by atoms with Gasteiger partial charge in [-0.3, -0.25) is 4.79 Å². The van der Waals surface area contributed by atoms with Gasteiger partial charge >= 0.3 is 0 Å². The van der Waals surface area contributed by atoms with E-state index >= 15 is 0 Å². The minimum Gasteiger partial charge on any atom is -0.453 e. The Morgan fingerprint density at radius 2 is 1.58 bits per heavy atom. The second kappa shape index (κ2) is 11.2. The van der Waals surface area contributed by atoms with Crippen LogP contribution in [0.5, 0.6) is 0 Å². The maximum atomic E-state index is 12.9. The molecule has 0 bridgehead atoms. The van der Waals surface area contributed by atoms with Crippen molar-refractivity contribution < 1.29 is 14.4 Å². The summed E-state index contributed by atoms with van der Waals surface area (Å²) in [5.41, 5.74) is 4.20. The third-order valence-electron chi connectivity index (χ3n) is 7.07. The third kappa shape index (κ3) is 5.73. The normalized spacial score (nSPS) is 14.9. The maximum absolute atomic E-state index is 12.9. The summed E-state index contributed by atoms with van der Waals surface area (Å²) in [6, 6.07) is 23.5. The summed E-state index contributed by atoms with van der Waals surface area (Å²) < 4.78 is 5.77. The van der Waals surface area contributed by atoms with E-state index in [-0.39, 0.29) is 5.78 Å². The van der Waals surface area contributed by atoms with Gasteiger partial charge in [0.05, 0.1) is 5.71 Å². The lowest BCUT2D eigenvalue weighted by molar-refractivity contribution is 0.101. The van der Waals surface area contributed by atoms with Gasteiger partial charge in [-0.25, -0.2) is 0 Å². The van der Waals surface area contributed by atoms with E-state index in [9.17, 15) is 10.0 Å². The van der Waals surface area contributed by atoms with E-state index in [1.54, 1.807) is 11.8 Å². The molecule has 0 spiro atoms. The summed E-state index contributed by atoms with van der Waals surface area (Å²) in [4.78, 5) is 15.1. The van der Waals surface area contributed by atoms with Crippen LogP contribution >= 0.6 is 11.8 Å². The van der Waals surface area contributed by atoms with Crippen LogP contribution in [0.2, 0.25) is 0 Å². The van der Waals surface area contributed by atoms with Crippen molar-refractivity contribution in [1.29, 1.82) is 0 Å². The van der Waals surface area contributed by atoms with Crippen LogP contribution in [0.1, 0.15) is 72.2 Å². The number of fused-ring (bicyclic) bond motifs is 1. The van der Waals surface area contributed by atoms with Crippen LogP contribution in [0.25, 0.3) is 11.0 Å². The first-order valence-corrected chi connectivity index (χ1v) is 13.5. The SMILES string of the molecule is Cc1ccc2oc(C(=O)c3ccc(Sc4ccc(C(CCC5CCCCC5)=NO)cc4)cc3)cc2c1. The molecule has 1 aliphatic rings. The zero-order valence-electron chi connectivity index (χ0n) is 20.6. The van der Waals surface area contributed by atoms with Crippen LogP contribution in [0, 0.1) is 12.8 Å². The van der Waals surface area contributed by atoms with Crippen molar-refractivity contribution in [3.63, 3.8) is 0 Å². The van der Waals surface area contributed by atoms with Crippen LogP contribution in [0.15, 0.2) is 92.2 Å². The molecule has 5 heteroatoms. The zero-order chi connectivity index (χ0) is 24.9. The topological polar surface area (TPSA) is 62.8 Å². The van der Waals surface area contributed by atoms with E-state index in [0.717, 1.165) is 56.4 Å². The molecule has 3 aromatic carbocycles. The molecule has 1 fully saturated rings. The van der Waals surface area contributed by atoms with Gasteiger partial charge in [0.2, 0.25) is 5.78 Å². The summed E-state index contributed by atoms with van der Waals surface area (Å²) in [7, 11) is 0. The van der Waals surface area contributed by atoms with Gasteiger partial charge in [0.25, 0.3) is 0 Å². The van der Waals surface area contributed by atoms with E-state index in [0.29, 0.717) is 11.3 Å². The number of aryl methyl sites for hydroxylation is 1. The van der Waals surface area contributed by atoms with E-state index < -0.39 is 0 Å². The second-order valence-corrected chi connectivity index (χ2v) is 10.9. The number of nitrogens with zero attached hydrogens (tertiary/aromatic N) is 1. The van der Waals surface area contributed by atoms with Gasteiger partial charge in [-0.2, -0.15) is 0 Å². The van der Waals surface area contributed by atoms with Crippen LogP contribution < -0.4 is 0 Å². The van der Waals surface area contributed by atoms with Gasteiger partial charge in [0.15, 0.2) is 5.76 Å². The fraction of sp³-hybridized carbons (Fsp3) is 0.290. The van der Waals surface area contributed by atoms with E-state index in [1.165, 1.54) is 32.1 Å². The smallest absolute Gasteiger partial charge is 0.228 e. The highest BCUT2D eigenvalue weighted by atomic mass is 32.2. The molecule has 0 radical (unpaired) electrons. The Morgan fingerprint density at radius 1 is 0.917 bits per heavy atom. The van der Waals surface area contributed by atoms with Crippen molar-refractivity contribution in [2.75, 3.05) is 0 Å². The summed E-state index contributed by atoms with van der Waals surface area (Å²) >= 11 is 1.64. The molecule has 0 atom stereocenters. The number of benzene rings is 3. The zero-order valence-corrected chi connectivity index (χ0v) is 21.4. The van der Waals surface area contributed by atoms with Gasteiger partial charge in [-0.05, 0) is 85.8 Å². The molecule has 1 heterocycles. The second-order valence-electron chi connectivity index (χ2n) is 9.72. The molecule has 1 aliphatic carbocycles. The van der Waals surface area contributed by atoms with Gasteiger partial charge in [0, 0.05) is 20.7 Å². The molecule has 0 saturated heterocycles. The predicted octanol–water partition coefficient (Wildman–Crippen LogP) is 8.66. The van der Waals surface area contributed by atoms with E-state index in [1.807, 2.05) is 67.6 Å². The Kier molecular flexibility index (Phi) is 7.57. The third-order valence-corrected chi connectivity index (χ3v) is 8.09. The molecule has 36 heavy (non-hydrogen) atoms. The molecular formula is C31H31NO3S. The van der Waals surface area contributed by atoms with Crippen molar-refractivity contribution >= 4 is 34.2 Å². The Morgan fingerprint density at radius 3 is 2.25 bits per heavy atom. The number of hydrogen-bond acceptors (Lipinski definition) is 5. The van der Waals surface area contributed by atoms with Crippen LogP contribution in [0.4, 0.5) is 0 Å². The molecule has 184 valence electrons. The number of furan rings is 1. The Labute approximate surface area is 216 Å². The van der Waals surface area contributed by atoms with Crippen molar-refractivity contribution in [3.05, 3.63) is 95.2 Å². The van der Waals surface area contributed by atoms with Gasteiger partial charge < -0.3 is 9.62 Å². The molecule has 5 rings (SSSR count). The molecule has 0 amide bonds. The summed E-state index contributed by atoms with van der Waals surface area (Å²) in [6.07, 6.45) is 8.53. The standard InChI is InChI=1S/C31H31NO3S/c1-21-7-18-29-25(19-21)20-30(35-29)31(33)24-11-15-27(16-12-24)36-26-13-9-23(10-14-26)28(32-34)17-8-22-5-3-2-4-6-22/h7,9-16,18-20,22,34H,2-6,8,17H2,1H3. The molecule has 1 N–H and O–H groups in total. The minimum atomic E-state index is -0.117. The van der Waals surface area contributed by atoms with Crippen LogP contribution in [-0.2, 0) is 0 Å². The maximum Gasteiger partial charge on any atom is 0.228 e. The van der Waals surface area contributed by atoms with Crippen molar-refractivity contribution in [2.45, 2.75) is 61.7 Å². The summed E-state index contributed by atoms with van der Waals surface area (Å²) in [5, 5.41) is 14.1. The molecular weight excluding hydrogens is 466 g/mol. The number of hydrogen-bond donors (Lipinski definition) is 1. The van der Waals surface area contributed by atoms with Crippen molar-refractivity contribution in [1.82, 2.24) is 0 Å². The quantitative estimate of drug-likeness (QED) is 0.114. The van der Waals surface area contributed by atoms with Crippen molar-refractivity contribution in [3.8, 4) is 0 Å². The van der Waals surface area contributed by atoms with Crippen LogP contribution in [0.3, 0.4) is 0 Å².